The molecule has 0 aromatic heterocycles. The Kier molecular flexibility index (Phi) is 7.13. The number of rotatable bonds is 6. The summed E-state index contributed by atoms with van der Waals surface area (Å²) in [7, 11) is 4.25. The molecule has 27 heavy (non-hydrogen) atoms. The minimum absolute atomic E-state index is 0.245. The number of nitrogens with one attached hydrogen (secondary N) is 3. The van der Waals surface area contributed by atoms with Crippen LogP contribution in [-0.2, 0) is 11.3 Å². The van der Waals surface area contributed by atoms with Gasteiger partial charge in [0.15, 0.2) is 0 Å². The van der Waals surface area contributed by atoms with Gasteiger partial charge < -0.3 is 24.8 Å². The molecule has 2 rings (SSSR count). The van der Waals surface area contributed by atoms with E-state index in [0.29, 0.717) is 27.9 Å². The topological polar surface area (TPSA) is 97.9 Å². The Hall–Kier alpha value is -3.13. The molecule has 0 fully saturated rings. The molecule has 144 valence electrons. The molecule has 9 heteroatoms. The molecule has 8 nitrogen and oxygen atoms in total. The van der Waals surface area contributed by atoms with E-state index in [2.05, 4.69) is 20.7 Å². The van der Waals surface area contributed by atoms with E-state index in [9.17, 15) is 9.59 Å². The van der Waals surface area contributed by atoms with Crippen LogP contribution in [0.1, 0.15) is 5.56 Å². The fourth-order valence-corrected chi connectivity index (χ4v) is 2.48. The zero-order chi connectivity index (χ0) is 19.8. The highest BCUT2D eigenvalue weighted by Crippen LogP contribution is 2.35. The van der Waals surface area contributed by atoms with Gasteiger partial charge >= 0.3 is 12.1 Å². The zero-order valence-electron chi connectivity index (χ0n) is 15.1. The second-order valence-electron chi connectivity index (χ2n) is 5.31. The molecule has 0 heterocycles. The van der Waals surface area contributed by atoms with E-state index in [0.717, 1.165) is 5.56 Å². The lowest BCUT2D eigenvalue weighted by molar-refractivity contribution is 0.187. The van der Waals surface area contributed by atoms with Gasteiger partial charge in [-0.1, -0.05) is 23.7 Å². The highest BCUT2D eigenvalue weighted by atomic mass is 35.5. The number of benzene rings is 2. The van der Waals surface area contributed by atoms with Crippen LogP contribution >= 0.6 is 11.6 Å². The van der Waals surface area contributed by atoms with E-state index in [1.54, 1.807) is 30.3 Å². The van der Waals surface area contributed by atoms with E-state index in [4.69, 9.17) is 21.1 Å². The Morgan fingerprint density at radius 2 is 1.74 bits per heavy atom. The van der Waals surface area contributed by atoms with Crippen LogP contribution in [0.4, 0.5) is 21.0 Å². The quantitative estimate of drug-likeness (QED) is 0.692. The predicted octanol–water partition coefficient (Wildman–Crippen LogP) is 3.86. The third kappa shape index (κ3) is 5.68. The number of hydrogen-bond acceptors (Lipinski definition) is 5. The summed E-state index contributed by atoms with van der Waals surface area (Å²) in [5, 5.41) is 8.29. The van der Waals surface area contributed by atoms with Crippen molar-refractivity contribution in [3.05, 3.63) is 47.0 Å². The average molecular weight is 394 g/mol. The van der Waals surface area contributed by atoms with Gasteiger partial charge in [0.05, 0.1) is 32.0 Å². The standard InChI is InChI=1S/C18H20ClN3O5/c1-25-15-9-16(26-2)14(8-13(15)19)22-17(23)20-10-11-5-4-6-12(7-11)21-18(24)27-3/h4-9H,10H2,1-3H3,(H,21,24)(H2,20,22,23). The van der Waals surface area contributed by atoms with E-state index >= 15 is 0 Å². The van der Waals surface area contributed by atoms with Crippen LogP contribution in [0.15, 0.2) is 36.4 Å². The first-order valence-electron chi connectivity index (χ1n) is 7.87. The van der Waals surface area contributed by atoms with Gasteiger partial charge in [0.1, 0.15) is 11.5 Å². The molecular weight excluding hydrogens is 374 g/mol. The minimum atomic E-state index is -0.568. The molecule has 0 spiro atoms. The molecule has 2 aromatic rings. The van der Waals surface area contributed by atoms with E-state index in [1.165, 1.54) is 21.3 Å². The van der Waals surface area contributed by atoms with Crippen molar-refractivity contribution in [2.75, 3.05) is 32.0 Å². The van der Waals surface area contributed by atoms with Gasteiger partial charge in [0, 0.05) is 18.3 Å². The summed E-state index contributed by atoms with van der Waals surface area (Å²) in [6.07, 6.45) is -0.568. The largest absolute Gasteiger partial charge is 0.495 e. The third-order valence-corrected chi connectivity index (χ3v) is 3.83. The van der Waals surface area contributed by atoms with Crippen molar-refractivity contribution in [1.29, 1.82) is 0 Å². The highest BCUT2D eigenvalue weighted by molar-refractivity contribution is 6.32. The number of anilines is 2. The number of methoxy groups -OCH3 is 3. The zero-order valence-corrected chi connectivity index (χ0v) is 15.8. The number of halogens is 1. The number of hydrogen-bond donors (Lipinski definition) is 3. The summed E-state index contributed by atoms with van der Waals surface area (Å²) in [5.41, 5.74) is 1.76. The van der Waals surface area contributed by atoms with E-state index in [-0.39, 0.29) is 6.54 Å². The summed E-state index contributed by atoms with van der Waals surface area (Å²) < 4.78 is 14.9. The molecular formula is C18H20ClN3O5. The van der Waals surface area contributed by atoms with Gasteiger partial charge in [0.25, 0.3) is 0 Å². The summed E-state index contributed by atoms with van der Waals surface area (Å²) in [6.45, 7) is 0.245. The van der Waals surface area contributed by atoms with Gasteiger partial charge in [-0.2, -0.15) is 0 Å². The summed E-state index contributed by atoms with van der Waals surface area (Å²) >= 11 is 6.09. The molecule has 0 aliphatic heterocycles. The molecule has 0 radical (unpaired) electrons. The number of carbonyl (C=O) groups excluding carboxylic acids is 2. The fraction of sp³-hybridized carbons (Fsp3) is 0.222. The maximum absolute atomic E-state index is 12.2. The van der Waals surface area contributed by atoms with Crippen molar-refractivity contribution < 1.29 is 23.8 Å². The monoisotopic (exact) mass is 393 g/mol. The fourth-order valence-electron chi connectivity index (χ4n) is 2.23. The van der Waals surface area contributed by atoms with Crippen LogP contribution in [0.25, 0.3) is 0 Å². The van der Waals surface area contributed by atoms with Crippen LogP contribution in [0, 0.1) is 0 Å². The molecule has 0 atom stereocenters. The van der Waals surface area contributed by atoms with Gasteiger partial charge in [0.2, 0.25) is 0 Å². The SMILES string of the molecule is COC(=O)Nc1cccc(CNC(=O)Nc2cc(Cl)c(OC)cc2OC)c1. The molecule has 0 unspecified atom stereocenters. The first kappa shape index (κ1) is 20.2. The smallest absolute Gasteiger partial charge is 0.411 e. The molecule has 3 N–H and O–H groups in total. The maximum Gasteiger partial charge on any atom is 0.411 e. The van der Waals surface area contributed by atoms with E-state index < -0.39 is 12.1 Å². The van der Waals surface area contributed by atoms with Gasteiger partial charge in [-0.15, -0.1) is 0 Å². The van der Waals surface area contributed by atoms with Crippen molar-refractivity contribution >= 4 is 35.1 Å². The normalized spacial score (nSPS) is 9.93. The lowest BCUT2D eigenvalue weighted by Crippen LogP contribution is -2.28. The molecule has 0 aliphatic rings. The first-order valence-corrected chi connectivity index (χ1v) is 8.25. The molecule has 3 amide bonds. The Labute approximate surface area is 161 Å². The average Bonchev–Trinajstić information content (AvgIpc) is 2.67. The Bertz CT molecular complexity index is 829. The van der Waals surface area contributed by atoms with Crippen molar-refractivity contribution in [1.82, 2.24) is 5.32 Å². The Morgan fingerprint density at radius 3 is 2.41 bits per heavy atom. The summed E-state index contributed by atoms with van der Waals surface area (Å²) in [5.74, 6) is 0.852. The lowest BCUT2D eigenvalue weighted by atomic mass is 10.2. The lowest BCUT2D eigenvalue weighted by Gasteiger charge is -2.14. The van der Waals surface area contributed by atoms with Crippen molar-refractivity contribution in [3.63, 3.8) is 0 Å². The maximum atomic E-state index is 12.2. The van der Waals surface area contributed by atoms with Crippen molar-refractivity contribution in [3.8, 4) is 11.5 Å². The Morgan fingerprint density at radius 1 is 1.00 bits per heavy atom. The number of carbonyl (C=O) groups is 2. The molecule has 2 aromatic carbocycles. The Balaban J connectivity index is 2.00. The minimum Gasteiger partial charge on any atom is -0.495 e. The van der Waals surface area contributed by atoms with Crippen LogP contribution in [0.3, 0.4) is 0 Å². The molecule has 0 saturated heterocycles. The molecule has 0 saturated carbocycles. The summed E-state index contributed by atoms with van der Waals surface area (Å²) in [6, 6.07) is 9.69. The third-order valence-electron chi connectivity index (χ3n) is 3.53. The van der Waals surface area contributed by atoms with Crippen molar-refractivity contribution in [2.45, 2.75) is 6.54 Å². The summed E-state index contributed by atoms with van der Waals surface area (Å²) in [4.78, 5) is 23.4. The highest BCUT2D eigenvalue weighted by Gasteiger charge is 2.12. The van der Waals surface area contributed by atoms with Crippen LogP contribution < -0.4 is 25.4 Å². The van der Waals surface area contributed by atoms with Crippen molar-refractivity contribution in [2.24, 2.45) is 0 Å². The predicted molar refractivity (Wildman–Crippen MR) is 103 cm³/mol. The molecule has 0 aliphatic carbocycles. The van der Waals surface area contributed by atoms with E-state index in [1.807, 2.05) is 6.07 Å². The van der Waals surface area contributed by atoms with Crippen LogP contribution in [0.5, 0.6) is 11.5 Å². The molecule has 0 bridgehead atoms. The number of amides is 3. The van der Waals surface area contributed by atoms with Gasteiger partial charge in [-0.3, -0.25) is 5.32 Å². The van der Waals surface area contributed by atoms with Crippen LogP contribution in [0.2, 0.25) is 5.02 Å². The van der Waals surface area contributed by atoms with Gasteiger partial charge in [-0.05, 0) is 23.8 Å². The van der Waals surface area contributed by atoms with Crippen LogP contribution in [-0.4, -0.2) is 33.5 Å². The number of urea groups is 1. The van der Waals surface area contributed by atoms with Gasteiger partial charge in [-0.25, -0.2) is 9.59 Å². The first-order chi connectivity index (χ1) is 13.0. The number of ether oxygens (including phenoxy) is 3. The second kappa shape index (κ2) is 9.54. The second-order valence-corrected chi connectivity index (χ2v) is 5.72.